The normalized spacial score (nSPS) is 19.0. The number of hydrogen-bond donors (Lipinski definition) is 2. The number of piperidine rings is 1. The second-order valence-electron chi connectivity index (χ2n) is 4.84. The first-order valence-electron chi connectivity index (χ1n) is 6.79. The van der Waals surface area contributed by atoms with Gasteiger partial charge in [0.2, 0.25) is 0 Å². The average Bonchev–Trinajstić information content (AvgIpc) is 3.00. The molecule has 7 heteroatoms. The molecule has 2 N–H and O–H groups in total. The second-order valence-corrected chi connectivity index (χ2v) is 4.84. The molecule has 0 saturated carbocycles. The molecule has 2 aromatic rings. The smallest absolute Gasteiger partial charge is 0.294 e. The first-order valence-corrected chi connectivity index (χ1v) is 6.79. The molecule has 7 nitrogen and oxygen atoms in total. The van der Waals surface area contributed by atoms with Gasteiger partial charge in [-0.05, 0) is 25.3 Å². The predicted molar refractivity (Wildman–Crippen MR) is 74.8 cm³/mol. The summed E-state index contributed by atoms with van der Waals surface area (Å²) < 4.78 is 5.18. The van der Waals surface area contributed by atoms with Crippen molar-refractivity contribution in [3.05, 3.63) is 34.9 Å². The number of H-pyrrole nitrogens is 1. The Hall–Kier alpha value is -2.31. The summed E-state index contributed by atoms with van der Waals surface area (Å²) in [6, 6.07) is 4.12. The molecule has 0 spiro atoms. The van der Waals surface area contributed by atoms with Crippen molar-refractivity contribution >= 4 is 11.8 Å². The van der Waals surface area contributed by atoms with E-state index in [0.29, 0.717) is 12.1 Å². The van der Waals surface area contributed by atoms with Crippen LogP contribution >= 0.6 is 0 Å². The number of rotatable bonds is 4. The minimum Gasteiger partial charge on any atom is -0.432 e. The van der Waals surface area contributed by atoms with Crippen LogP contribution in [0.2, 0.25) is 0 Å². The number of aromatic amines is 1. The SMILES string of the molecule is O=c1ccc(N2CCCCC2CNc2ncco2)n[nH]1. The van der Waals surface area contributed by atoms with Crippen molar-refractivity contribution in [2.45, 2.75) is 25.3 Å². The van der Waals surface area contributed by atoms with Gasteiger partial charge in [0.05, 0.1) is 6.20 Å². The highest BCUT2D eigenvalue weighted by molar-refractivity contribution is 5.39. The standard InChI is InChI=1S/C13H17N5O2/c19-12-5-4-11(16-17-12)18-7-2-1-3-10(18)9-15-13-14-6-8-20-13/h4-6,8,10H,1-3,7,9H2,(H,14,15)(H,17,19). The van der Waals surface area contributed by atoms with Gasteiger partial charge in [0.15, 0.2) is 0 Å². The molecule has 3 rings (SSSR count). The molecule has 20 heavy (non-hydrogen) atoms. The molecule has 0 radical (unpaired) electrons. The van der Waals surface area contributed by atoms with Crippen LogP contribution in [-0.2, 0) is 0 Å². The predicted octanol–water partition coefficient (Wildman–Crippen LogP) is 1.23. The van der Waals surface area contributed by atoms with E-state index in [1.54, 1.807) is 18.5 Å². The third-order valence-corrected chi connectivity index (χ3v) is 3.51. The van der Waals surface area contributed by atoms with Crippen LogP contribution in [-0.4, -0.2) is 34.3 Å². The molecule has 106 valence electrons. The molecular formula is C13H17N5O2. The van der Waals surface area contributed by atoms with Crippen molar-refractivity contribution in [3.63, 3.8) is 0 Å². The second kappa shape index (κ2) is 5.77. The number of hydrogen-bond acceptors (Lipinski definition) is 6. The monoisotopic (exact) mass is 275 g/mol. The van der Waals surface area contributed by atoms with Gasteiger partial charge in [-0.2, -0.15) is 5.10 Å². The Balaban J connectivity index is 1.70. The van der Waals surface area contributed by atoms with E-state index in [2.05, 4.69) is 25.4 Å². The summed E-state index contributed by atoms with van der Waals surface area (Å²) in [6.45, 7) is 1.68. The zero-order valence-electron chi connectivity index (χ0n) is 11.1. The van der Waals surface area contributed by atoms with Crippen molar-refractivity contribution in [2.75, 3.05) is 23.3 Å². The van der Waals surface area contributed by atoms with E-state index in [1.807, 2.05) is 0 Å². The molecule has 1 aliphatic heterocycles. The first-order chi connectivity index (χ1) is 9.83. The Morgan fingerprint density at radius 1 is 1.45 bits per heavy atom. The molecule has 1 unspecified atom stereocenters. The van der Waals surface area contributed by atoms with E-state index in [1.165, 1.54) is 12.5 Å². The minimum absolute atomic E-state index is 0.180. The molecule has 0 bridgehead atoms. The first kappa shape index (κ1) is 12.7. The van der Waals surface area contributed by atoms with Gasteiger partial charge in [-0.15, -0.1) is 0 Å². The summed E-state index contributed by atoms with van der Waals surface area (Å²) >= 11 is 0. The summed E-state index contributed by atoms with van der Waals surface area (Å²) in [4.78, 5) is 17.4. The number of nitrogens with zero attached hydrogens (tertiary/aromatic N) is 3. The average molecular weight is 275 g/mol. The largest absolute Gasteiger partial charge is 0.432 e. The molecule has 1 aliphatic rings. The van der Waals surface area contributed by atoms with Crippen LogP contribution in [0.4, 0.5) is 11.8 Å². The summed E-state index contributed by atoms with van der Waals surface area (Å²) in [6.07, 6.45) is 6.57. The molecule has 3 heterocycles. The van der Waals surface area contributed by atoms with E-state index >= 15 is 0 Å². The van der Waals surface area contributed by atoms with Crippen LogP contribution in [0.1, 0.15) is 19.3 Å². The summed E-state index contributed by atoms with van der Waals surface area (Å²) in [7, 11) is 0. The number of aromatic nitrogens is 3. The molecule has 0 amide bonds. The van der Waals surface area contributed by atoms with Gasteiger partial charge in [0.25, 0.3) is 11.6 Å². The van der Waals surface area contributed by atoms with Crippen molar-refractivity contribution in [1.82, 2.24) is 15.2 Å². The summed E-state index contributed by atoms with van der Waals surface area (Å²) in [5.41, 5.74) is -0.180. The lowest BCUT2D eigenvalue weighted by molar-refractivity contribution is 0.462. The van der Waals surface area contributed by atoms with E-state index in [0.717, 1.165) is 31.7 Å². The topological polar surface area (TPSA) is 87.1 Å². The fourth-order valence-corrected chi connectivity index (χ4v) is 2.53. The van der Waals surface area contributed by atoms with Gasteiger partial charge in [-0.1, -0.05) is 0 Å². The Labute approximate surface area is 116 Å². The Bertz CT molecular complexity index is 575. The van der Waals surface area contributed by atoms with Gasteiger partial charge >= 0.3 is 0 Å². The van der Waals surface area contributed by atoms with Crippen LogP contribution in [0, 0.1) is 0 Å². The maximum atomic E-state index is 11.1. The lowest BCUT2D eigenvalue weighted by atomic mass is 10.0. The van der Waals surface area contributed by atoms with Gasteiger partial charge < -0.3 is 14.6 Å². The zero-order chi connectivity index (χ0) is 13.8. The zero-order valence-corrected chi connectivity index (χ0v) is 11.1. The van der Waals surface area contributed by atoms with E-state index in [4.69, 9.17) is 4.42 Å². The molecular weight excluding hydrogens is 258 g/mol. The summed E-state index contributed by atoms with van der Waals surface area (Å²) in [5.74, 6) is 0.809. The Kier molecular flexibility index (Phi) is 3.67. The fourth-order valence-electron chi connectivity index (χ4n) is 2.53. The van der Waals surface area contributed by atoms with E-state index in [9.17, 15) is 4.79 Å². The van der Waals surface area contributed by atoms with Gasteiger partial charge in [-0.25, -0.2) is 10.1 Å². The number of anilines is 2. The van der Waals surface area contributed by atoms with E-state index in [-0.39, 0.29) is 5.56 Å². The number of nitrogens with one attached hydrogen (secondary N) is 2. The van der Waals surface area contributed by atoms with Crippen LogP contribution in [0.25, 0.3) is 0 Å². The van der Waals surface area contributed by atoms with Crippen LogP contribution < -0.4 is 15.8 Å². The third-order valence-electron chi connectivity index (χ3n) is 3.51. The highest BCUT2D eigenvalue weighted by atomic mass is 16.4. The molecule has 1 atom stereocenters. The summed E-state index contributed by atoms with van der Waals surface area (Å²) in [5, 5.41) is 9.79. The van der Waals surface area contributed by atoms with Crippen LogP contribution in [0.5, 0.6) is 0 Å². The van der Waals surface area contributed by atoms with Crippen LogP contribution in [0.3, 0.4) is 0 Å². The lowest BCUT2D eigenvalue weighted by Gasteiger charge is -2.36. The maximum absolute atomic E-state index is 11.1. The minimum atomic E-state index is -0.180. The van der Waals surface area contributed by atoms with Gasteiger partial charge in [0.1, 0.15) is 12.1 Å². The van der Waals surface area contributed by atoms with Crippen LogP contribution in [0.15, 0.2) is 33.8 Å². The molecule has 0 aliphatic carbocycles. The van der Waals surface area contributed by atoms with Crippen molar-refractivity contribution in [2.24, 2.45) is 0 Å². The Morgan fingerprint density at radius 3 is 3.15 bits per heavy atom. The van der Waals surface area contributed by atoms with Crippen molar-refractivity contribution in [3.8, 4) is 0 Å². The van der Waals surface area contributed by atoms with E-state index < -0.39 is 0 Å². The van der Waals surface area contributed by atoms with Gasteiger partial charge in [0, 0.05) is 25.2 Å². The van der Waals surface area contributed by atoms with Crippen molar-refractivity contribution < 1.29 is 4.42 Å². The molecule has 1 saturated heterocycles. The lowest BCUT2D eigenvalue weighted by Crippen LogP contribution is -2.44. The fraction of sp³-hybridized carbons (Fsp3) is 0.462. The highest BCUT2D eigenvalue weighted by Crippen LogP contribution is 2.22. The quantitative estimate of drug-likeness (QED) is 0.872. The molecule has 1 fully saturated rings. The molecule has 2 aromatic heterocycles. The Morgan fingerprint density at radius 2 is 2.40 bits per heavy atom. The third kappa shape index (κ3) is 2.81. The number of oxazole rings is 1. The van der Waals surface area contributed by atoms with Crippen molar-refractivity contribution in [1.29, 1.82) is 0 Å². The molecule has 0 aromatic carbocycles. The highest BCUT2D eigenvalue weighted by Gasteiger charge is 2.23. The maximum Gasteiger partial charge on any atom is 0.294 e. The van der Waals surface area contributed by atoms with Gasteiger partial charge in [-0.3, -0.25) is 4.79 Å².